The molecule has 1 aliphatic carbocycles. The van der Waals surface area contributed by atoms with Crippen molar-refractivity contribution >= 4 is 5.69 Å². The fourth-order valence-electron chi connectivity index (χ4n) is 2.88. The first-order valence-corrected chi connectivity index (χ1v) is 7.34. The Labute approximate surface area is 111 Å². The predicted octanol–water partition coefficient (Wildman–Crippen LogP) is 3.67. The van der Waals surface area contributed by atoms with Gasteiger partial charge in [-0.15, -0.1) is 0 Å². The Bertz CT molecular complexity index is 339. The van der Waals surface area contributed by atoms with Crippen LogP contribution in [0.5, 0.6) is 0 Å². The van der Waals surface area contributed by atoms with Crippen LogP contribution in [0.2, 0.25) is 0 Å². The average molecular weight is 246 g/mol. The molecule has 2 heteroatoms. The molecular weight excluding hydrogens is 220 g/mol. The highest BCUT2D eigenvalue weighted by atomic mass is 15.2. The lowest BCUT2D eigenvalue weighted by Crippen LogP contribution is -2.36. The summed E-state index contributed by atoms with van der Waals surface area (Å²) in [5, 5.41) is 3.52. The number of benzene rings is 1. The summed E-state index contributed by atoms with van der Waals surface area (Å²) in [5.41, 5.74) is 2.56. The minimum absolute atomic E-state index is 0.842. The van der Waals surface area contributed by atoms with Gasteiger partial charge in [0.05, 0.1) is 0 Å². The summed E-state index contributed by atoms with van der Waals surface area (Å²) in [6.07, 6.45) is 5.65. The van der Waals surface area contributed by atoms with Crippen LogP contribution in [0.15, 0.2) is 24.3 Å². The molecule has 2 rings (SSSR count). The van der Waals surface area contributed by atoms with Gasteiger partial charge < -0.3 is 5.32 Å². The van der Waals surface area contributed by atoms with Crippen LogP contribution < -0.4 is 5.32 Å². The lowest BCUT2D eigenvalue weighted by Gasteiger charge is -2.27. The Morgan fingerprint density at radius 1 is 1.17 bits per heavy atom. The molecule has 1 fully saturated rings. The van der Waals surface area contributed by atoms with Crippen molar-refractivity contribution in [2.75, 3.05) is 25.0 Å². The molecule has 1 saturated carbocycles. The van der Waals surface area contributed by atoms with Crippen molar-refractivity contribution in [3.05, 3.63) is 29.8 Å². The van der Waals surface area contributed by atoms with E-state index in [1.54, 1.807) is 0 Å². The fraction of sp³-hybridized carbons (Fsp3) is 0.625. The standard InChI is InChI=1S/C16H26N2/c1-3-18(16-6-4-5-7-16)13-12-17-15-10-8-14(2)9-11-15/h8-11,16-17H,3-7,12-13H2,1-2H3. The van der Waals surface area contributed by atoms with Gasteiger partial charge in [-0.05, 0) is 38.4 Å². The van der Waals surface area contributed by atoms with E-state index >= 15 is 0 Å². The first kappa shape index (κ1) is 13.4. The van der Waals surface area contributed by atoms with Gasteiger partial charge >= 0.3 is 0 Å². The maximum absolute atomic E-state index is 3.52. The van der Waals surface area contributed by atoms with E-state index in [1.807, 2.05) is 0 Å². The molecule has 0 heterocycles. The van der Waals surface area contributed by atoms with Gasteiger partial charge in [-0.3, -0.25) is 4.90 Å². The molecule has 1 N–H and O–H groups in total. The quantitative estimate of drug-likeness (QED) is 0.824. The Balaban J connectivity index is 1.74. The topological polar surface area (TPSA) is 15.3 Å². The molecule has 0 radical (unpaired) electrons. The van der Waals surface area contributed by atoms with Crippen LogP contribution in [0.25, 0.3) is 0 Å². The normalized spacial score (nSPS) is 16.4. The molecule has 2 nitrogen and oxygen atoms in total. The number of rotatable bonds is 6. The zero-order valence-electron chi connectivity index (χ0n) is 11.8. The zero-order valence-corrected chi connectivity index (χ0v) is 11.8. The molecule has 0 atom stereocenters. The first-order valence-electron chi connectivity index (χ1n) is 7.34. The molecule has 0 unspecified atom stereocenters. The summed E-state index contributed by atoms with van der Waals surface area (Å²) >= 11 is 0. The molecular formula is C16H26N2. The monoisotopic (exact) mass is 246 g/mol. The lowest BCUT2D eigenvalue weighted by molar-refractivity contribution is 0.217. The molecule has 0 aromatic heterocycles. The minimum Gasteiger partial charge on any atom is -0.384 e. The van der Waals surface area contributed by atoms with E-state index in [2.05, 4.69) is 48.3 Å². The largest absolute Gasteiger partial charge is 0.384 e. The summed E-state index contributed by atoms with van der Waals surface area (Å²) < 4.78 is 0. The summed E-state index contributed by atoms with van der Waals surface area (Å²) in [6.45, 7) is 7.80. The van der Waals surface area contributed by atoms with Crippen LogP contribution in [0.4, 0.5) is 5.69 Å². The van der Waals surface area contributed by atoms with E-state index in [4.69, 9.17) is 0 Å². The van der Waals surface area contributed by atoms with Gasteiger partial charge in [0.2, 0.25) is 0 Å². The lowest BCUT2D eigenvalue weighted by atomic mass is 10.2. The molecule has 0 amide bonds. The second-order valence-electron chi connectivity index (χ2n) is 5.36. The number of nitrogens with zero attached hydrogens (tertiary/aromatic N) is 1. The molecule has 1 aromatic carbocycles. The van der Waals surface area contributed by atoms with Gasteiger partial charge in [-0.2, -0.15) is 0 Å². The van der Waals surface area contributed by atoms with Crippen molar-refractivity contribution in [3.63, 3.8) is 0 Å². The Morgan fingerprint density at radius 2 is 1.83 bits per heavy atom. The second-order valence-corrected chi connectivity index (χ2v) is 5.36. The number of hydrogen-bond donors (Lipinski definition) is 1. The molecule has 0 saturated heterocycles. The van der Waals surface area contributed by atoms with Crippen molar-refractivity contribution in [3.8, 4) is 0 Å². The summed E-state index contributed by atoms with van der Waals surface area (Å²) in [5.74, 6) is 0. The summed E-state index contributed by atoms with van der Waals surface area (Å²) in [6, 6.07) is 9.51. The smallest absolute Gasteiger partial charge is 0.0340 e. The van der Waals surface area contributed by atoms with Gasteiger partial charge in [0.1, 0.15) is 0 Å². The highest BCUT2D eigenvalue weighted by Gasteiger charge is 2.20. The molecule has 18 heavy (non-hydrogen) atoms. The Morgan fingerprint density at radius 3 is 2.44 bits per heavy atom. The second kappa shape index (κ2) is 6.79. The molecule has 1 aromatic rings. The maximum atomic E-state index is 3.52. The Hall–Kier alpha value is -1.02. The van der Waals surface area contributed by atoms with Crippen LogP contribution in [-0.4, -0.2) is 30.6 Å². The van der Waals surface area contributed by atoms with Gasteiger partial charge in [-0.25, -0.2) is 0 Å². The van der Waals surface area contributed by atoms with E-state index in [1.165, 1.54) is 43.5 Å². The molecule has 1 aliphatic rings. The third kappa shape index (κ3) is 3.74. The predicted molar refractivity (Wildman–Crippen MR) is 79.2 cm³/mol. The highest BCUT2D eigenvalue weighted by molar-refractivity contribution is 5.44. The van der Waals surface area contributed by atoms with Crippen molar-refractivity contribution in [1.29, 1.82) is 0 Å². The number of aryl methyl sites for hydroxylation is 1. The van der Waals surface area contributed by atoms with Crippen molar-refractivity contribution in [2.45, 2.75) is 45.6 Å². The number of anilines is 1. The fourth-order valence-corrected chi connectivity index (χ4v) is 2.88. The number of likely N-dealkylation sites (N-methyl/N-ethyl adjacent to an activating group) is 1. The summed E-state index contributed by atoms with van der Waals surface area (Å²) in [4.78, 5) is 2.63. The van der Waals surface area contributed by atoms with E-state index in [0.717, 1.165) is 19.1 Å². The van der Waals surface area contributed by atoms with E-state index in [-0.39, 0.29) is 0 Å². The minimum atomic E-state index is 0.842. The van der Waals surface area contributed by atoms with Crippen LogP contribution in [0.3, 0.4) is 0 Å². The van der Waals surface area contributed by atoms with Crippen LogP contribution in [-0.2, 0) is 0 Å². The summed E-state index contributed by atoms with van der Waals surface area (Å²) in [7, 11) is 0. The van der Waals surface area contributed by atoms with Gasteiger partial charge in [0, 0.05) is 24.8 Å². The average Bonchev–Trinajstić information content (AvgIpc) is 2.91. The van der Waals surface area contributed by atoms with Crippen molar-refractivity contribution in [1.82, 2.24) is 4.90 Å². The Kier molecular flexibility index (Phi) is 5.06. The van der Waals surface area contributed by atoms with Crippen LogP contribution >= 0.6 is 0 Å². The molecule has 100 valence electrons. The van der Waals surface area contributed by atoms with E-state index in [9.17, 15) is 0 Å². The number of nitrogens with one attached hydrogen (secondary N) is 1. The third-order valence-corrected chi connectivity index (χ3v) is 4.03. The SMILES string of the molecule is CCN(CCNc1ccc(C)cc1)C1CCCC1. The van der Waals surface area contributed by atoms with Gasteiger partial charge in [0.15, 0.2) is 0 Å². The zero-order chi connectivity index (χ0) is 12.8. The highest BCUT2D eigenvalue weighted by Crippen LogP contribution is 2.22. The van der Waals surface area contributed by atoms with Crippen LogP contribution in [0.1, 0.15) is 38.2 Å². The number of hydrogen-bond acceptors (Lipinski definition) is 2. The third-order valence-electron chi connectivity index (χ3n) is 4.03. The molecule has 0 aliphatic heterocycles. The van der Waals surface area contributed by atoms with Gasteiger partial charge in [-0.1, -0.05) is 37.5 Å². The first-order chi connectivity index (χ1) is 8.79. The van der Waals surface area contributed by atoms with Crippen LogP contribution in [0, 0.1) is 6.92 Å². The molecule has 0 bridgehead atoms. The van der Waals surface area contributed by atoms with Crippen molar-refractivity contribution < 1.29 is 0 Å². The maximum Gasteiger partial charge on any atom is 0.0340 e. The van der Waals surface area contributed by atoms with E-state index < -0.39 is 0 Å². The van der Waals surface area contributed by atoms with Gasteiger partial charge in [0.25, 0.3) is 0 Å². The molecule has 0 spiro atoms. The van der Waals surface area contributed by atoms with E-state index in [0.29, 0.717) is 0 Å². The van der Waals surface area contributed by atoms with Crippen molar-refractivity contribution in [2.24, 2.45) is 0 Å².